The summed E-state index contributed by atoms with van der Waals surface area (Å²) >= 11 is 0. The molecule has 1 unspecified atom stereocenters. The van der Waals surface area contributed by atoms with Crippen molar-refractivity contribution in [2.75, 3.05) is 6.16 Å². The maximum atomic E-state index is 11.5. The number of hydrogen-bond acceptors (Lipinski definition) is 2. The van der Waals surface area contributed by atoms with Crippen LogP contribution in [-0.2, 0) is 4.57 Å². The van der Waals surface area contributed by atoms with Crippen molar-refractivity contribution >= 4 is 7.37 Å². The van der Waals surface area contributed by atoms with Crippen molar-refractivity contribution in [2.45, 2.75) is 12.7 Å². The summed E-state index contributed by atoms with van der Waals surface area (Å²) in [6, 6.07) is 9.01. The highest BCUT2D eigenvalue weighted by Gasteiger charge is 2.26. The molecule has 2 atom stereocenters. The second-order valence-corrected chi connectivity index (χ2v) is 5.63. The minimum absolute atomic E-state index is 0.211. The van der Waals surface area contributed by atoms with Gasteiger partial charge in [0.2, 0.25) is 7.37 Å². The summed E-state index contributed by atoms with van der Waals surface area (Å²) in [6.07, 6.45) is 0.211. The van der Waals surface area contributed by atoms with Gasteiger partial charge in [0.05, 0.1) is 0 Å². The summed E-state index contributed by atoms with van der Waals surface area (Å²) in [5.41, 5.74) is 6.39. The van der Waals surface area contributed by atoms with Crippen LogP contribution in [0.3, 0.4) is 0 Å². The first-order valence-electron chi connectivity index (χ1n) is 4.20. The van der Waals surface area contributed by atoms with E-state index in [-0.39, 0.29) is 6.16 Å². The summed E-state index contributed by atoms with van der Waals surface area (Å²) in [6.45, 7) is 1.67. The highest BCUT2D eigenvalue weighted by molar-refractivity contribution is 7.58. The summed E-state index contributed by atoms with van der Waals surface area (Å²) in [7, 11) is -3.21. The van der Waals surface area contributed by atoms with Gasteiger partial charge in [0.15, 0.2) is 0 Å². The molecule has 1 rings (SSSR count). The first-order chi connectivity index (χ1) is 6.08. The van der Waals surface area contributed by atoms with E-state index in [1.54, 1.807) is 19.1 Å². The Bertz CT molecular complexity index is 313. The van der Waals surface area contributed by atoms with Gasteiger partial charge in [-0.2, -0.15) is 0 Å². The Morgan fingerprint density at radius 2 is 2.00 bits per heavy atom. The van der Waals surface area contributed by atoms with Crippen molar-refractivity contribution in [3.05, 3.63) is 35.9 Å². The third-order valence-electron chi connectivity index (χ3n) is 2.03. The van der Waals surface area contributed by atoms with E-state index < -0.39 is 13.2 Å². The molecule has 0 saturated heterocycles. The molecular weight excluding hydrogens is 185 g/mol. The average molecular weight is 199 g/mol. The second-order valence-electron chi connectivity index (χ2n) is 2.93. The van der Waals surface area contributed by atoms with Crippen LogP contribution in [-0.4, -0.2) is 11.1 Å². The SMILES string of the molecule is CCP(=O)(O)[C@@H](N)c1ccccc1. The normalized spacial score (nSPS) is 17.8. The lowest BCUT2D eigenvalue weighted by Crippen LogP contribution is -2.11. The smallest absolute Gasteiger partial charge is 0.220 e. The zero-order valence-corrected chi connectivity index (χ0v) is 8.45. The first kappa shape index (κ1) is 10.5. The molecule has 72 valence electrons. The maximum absolute atomic E-state index is 11.5. The summed E-state index contributed by atoms with van der Waals surface area (Å²) in [5, 5.41) is 0. The van der Waals surface area contributed by atoms with E-state index in [1.807, 2.05) is 18.2 Å². The highest BCUT2D eigenvalue weighted by Crippen LogP contribution is 2.51. The van der Waals surface area contributed by atoms with Gasteiger partial charge in [-0.05, 0) is 5.56 Å². The molecule has 0 aliphatic carbocycles. The third-order valence-corrected chi connectivity index (χ3v) is 4.10. The van der Waals surface area contributed by atoms with Crippen LogP contribution in [0.2, 0.25) is 0 Å². The minimum atomic E-state index is -3.21. The van der Waals surface area contributed by atoms with Crippen LogP contribution in [0.25, 0.3) is 0 Å². The Labute approximate surface area is 78.0 Å². The first-order valence-corrected chi connectivity index (χ1v) is 6.11. The quantitative estimate of drug-likeness (QED) is 0.731. The molecule has 0 saturated carbocycles. The van der Waals surface area contributed by atoms with Gasteiger partial charge < -0.3 is 10.6 Å². The predicted molar refractivity (Wildman–Crippen MR) is 53.7 cm³/mol. The van der Waals surface area contributed by atoms with E-state index in [0.29, 0.717) is 0 Å². The van der Waals surface area contributed by atoms with Crippen LogP contribution >= 0.6 is 7.37 Å². The number of benzene rings is 1. The average Bonchev–Trinajstić information content (AvgIpc) is 2.18. The van der Waals surface area contributed by atoms with Crippen molar-refractivity contribution in [1.29, 1.82) is 0 Å². The van der Waals surface area contributed by atoms with E-state index in [4.69, 9.17) is 5.73 Å². The molecule has 0 aromatic heterocycles. The maximum Gasteiger partial charge on any atom is 0.220 e. The van der Waals surface area contributed by atoms with Crippen LogP contribution in [0.4, 0.5) is 0 Å². The van der Waals surface area contributed by atoms with Gasteiger partial charge in [-0.15, -0.1) is 0 Å². The molecular formula is C9H14NO2P. The van der Waals surface area contributed by atoms with Gasteiger partial charge >= 0.3 is 0 Å². The van der Waals surface area contributed by atoms with Gasteiger partial charge in [0.25, 0.3) is 0 Å². The zero-order chi connectivity index (χ0) is 9.90. The zero-order valence-electron chi connectivity index (χ0n) is 7.55. The summed E-state index contributed by atoms with van der Waals surface area (Å²) in [5.74, 6) is -0.751. The van der Waals surface area contributed by atoms with Crippen molar-refractivity contribution in [1.82, 2.24) is 0 Å². The van der Waals surface area contributed by atoms with E-state index >= 15 is 0 Å². The minimum Gasteiger partial charge on any atom is -0.343 e. The van der Waals surface area contributed by atoms with Crippen molar-refractivity contribution in [2.24, 2.45) is 5.73 Å². The summed E-state index contributed by atoms with van der Waals surface area (Å²) in [4.78, 5) is 9.48. The Morgan fingerprint density at radius 3 is 2.46 bits per heavy atom. The van der Waals surface area contributed by atoms with Crippen molar-refractivity contribution in [3.63, 3.8) is 0 Å². The van der Waals surface area contributed by atoms with E-state index in [1.165, 1.54) is 0 Å². The van der Waals surface area contributed by atoms with Gasteiger partial charge in [-0.25, -0.2) is 0 Å². The predicted octanol–water partition coefficient (Wildman–Crippen LogP) is 1.93. The molecule has 0 aliphatic heterocycles. The molecule has 0 amide bonds. The van der Waals surface area contributed by atoms with Gasteiger partial charge in [-0.3, -0.25) is 4.57 Å². The Kier molecular flexibility index (Phi) is 3.26. The molecule has 0 heterocycles. The molecule has 1 aromatic carbocycles. The molecule has 3 nitrogen and oxygen atoms in total. The van der Waals surface area contributed by atoms with Crippen LogP contribution in [0.15, 0.2) is 30.3 Å². The molecule has 0 radical (unpaired) electrons. The van der Waals surface area contributed by atoms with Gasteiger partial charge in [0, 0.05) is 6.16 Å². The van der Waals surface area contributed by atoms with E-state index in [2.05, 4.69) is 0 Å². The summed E-state index contributed by atoms with van der Waals surface area (Å²) < 4.78 is 11.5. The van der Waals surface area contributed by atoms with Crippen LogP contribution in [0.1, 0.15) is 18.3 Å². The van der Waals surface area contributed by atoms with E-state index in [0.717, 1.165) is 5.56 Å². The Balaban J connectivity index is 2.92. The third kappa shape index (κ3) is 2.41. The van der Waals surface area contributed by atoms with Crippen molar-refractivity contribution in [3.8, 4) is 0 Å². The van der Waals surface area contributed by atoms with Crippen LogP contribution in [0, 0.1) is 0 Å². The molecule has 3 N–H and O–H groups in total. The molecule has 0 fully saturated rings. The number of hydrogen-bond donors (Lipinski definition) is 2. The standard InChI is InChI=1S/C9H14NO2P/c1-2-13(11,12)9(10)8-6-4-3-5-7-8/h3-7,9H,2,10H2,1H3,(H,11,12)/t9-/m1/s1. The van der Waals surface area contributed by atoms with Crippen molar-refractivity contribution < 1.29 is 9.46 Å². The molecule has 4 heteroatoms. The van der Waals surface area contributed by atoms with E-state index in [9.17, 15) is 9.46 Å². The fourth-order valence-corrected chi connectivity index (χ4v) is 2.11. The molecule has 0 spiro atoms. The highest BCUT2D eigenvalue weighted by atomic mass is 31.2. The van der Waals surface area contributed by atoms with Crippen LogP contribution < -0.4 is 5.73 Å². The fourth-order valence-electron chi connectivity index (χ4n) is 1.08. The molecule has 0 bridgehead atoms. The number of rotatable bonds is 3. The lowest BCUT2D eigenvalue weighted by atomic mass is 10.2. The second kappa shape index (κ2) is 4.05. The molecule has 0 aliphatic rings. The largest absolute Gasteiger partial charge is 0.343 e. The Morgan fingerprint density at radius 1 is 1.46 bits per heavy atom. The van der Waals surface area contributed by atoms with Gasteiger partial charge in [0.1, 0.15) is 5.78 Å². The monoisotopic (exact) mass is 199 g/mol. The van der Waals surface area contributed by atoms with Crippen LogP contribution in [0.5, 0.6) is 0 Å². The number of nitrogens with two attached hydrogens (primary N) is 1. The topological polar surface area (TPSA) is 63.3 Å². The Hall–Kier alpha value is -0.630. The lowest BCUT2D eigenvalue weighted by Gasteiger charge is -2.17. The lowest BCUT2D eigenvalue weighted by molar-refractivity contribution is 0.466. The molecule has 1 aromatic rings. The van der Waals surface area contributed by atoms with Gasteiger partial charge in [-0.1, -0.05) is 37.3 Å². The molecule has 13 heavy (non-hydrogen) atoms. The fraction of sp³-hybridized carbons (Fsp3) is 0.333.